The van der Waals surface area contributed by atoms with E-state index in [9.17, 15) is 4.79 Å². The maximum atomic E-state index is 10.4. The van der Waals surface area contributed by atoms with Crippen molar-refractivity contribution < 1.29 is 14.6 Å². The Labute approximate surface area is 61.0 Å². The van der Waals surface area contributed by atoms with E-state index in [-0.39, 0.29) is 5.97 Å². The maximum absolute atomic E-state index is 10.4. The van der Waals surface area contributed by atoms with Crippen molar-refractivity contribution in [2.24, 2.45) is 0 Å². The zero-order valence-corrected chi connectivity index (χ0v) is 6.84. The van der Waals surface area contributed by atoms with Gasteiger partial charge in [-0.15, -0.1) is 0 Å². The van der Waals surface area contributed by atoms with E-state index < -0.39 is 11.7 Å². The van der Waals surface area contributed by atoms with E-state index in [2.05, 4.69) is 0 Å². The summed E-state index contributed by atoms with van der Waals surface area (Å²) in [6, 6.07) is 0. The summed E-state index contributed by atoms with van der Waals surface area (Å²) in [6.45, 7) is 6.24. The van der Waals surface area contributed by atoms with E-state index >= 15 is 0 Å². The summed E-state index contributed by atoms with van der Waals surface area (Å²) >= 11 is 0. The number of hydrogen-bond donors (Lipinski definition) is 1. The molecule has 3 heteroatoms. The van der Waals surface area contributed by atoms with Crippen molar-refractivity contribution in [1.29, 1.82) is 0 Å². The predicted molar refractivity (Wildman–Crippen MR) is 37.5 cm³/mol. The average molecular weight is 146 g/mol. The highest BCUT2D eigenvalue weighted by molar-refractivity contribution is 5.66. The zero-order valence-electron chi connectivity index (χ0n) is 6.84. The fourth-order valence-corrected chi connectivity index (χ4v) is 0.456. The number of ether oxygens (including phenoxy) is 1. The van der Waals surface area contributed by atoms with Gasteiger partial charge in [-0.3, -0.25) is 4.79 Å². The van der Waals surface area contributed by atoms with Gasteiger partial charge in [0.15, 0.2) is 0 Å². The largest absolute Gasteiger partial charge is 0.457 e. The van der Waals surface area contributed by atoms with Crippen LogP contribution in [0.2, 0.25) is 0 Å². The average Bonchev–Trinajstić information content (AvgIpc) is 1.60. The van der Waals surface area contributed by atoms with Crippen LogP contribution in [0.15, 0.2) is 0 Å². The second-order valence-electron chi connectivity index (χ2n) is 2.87. The molecule has 0 aliphatic heterocycles. The lowest BCUT2D eigenvalue weighted by Gasteiger charge is -2.27. The monoisotopic (exact) mass is 146 g/mol. The quantitative estimate of drug-likeness (QED) is 0.583. The lowest BCUT2D eigenvalue weighted by Crippen LogP contribution is -2.38. The van der Waals surface area contributed by atoms with Crippen molar-refractivity contribution in [3.63, 3.8) is 0 Å². The van der Waals surface area contributed by atoms with Gasteiger partial charge in [0.25, 0.3) is 0 Å². The molecule has 0 aliphatic rings. The smallest absolute Gasteiger partial charge is 0.303 e. The first kappa shape index (κ1) is 9.43. The van der Waals surface area contributed by atoms with Crippen molar-refractivity contribution in [1.82, 2.24) is 0 Å². The standard InChI is InChI=1S/C7H14O3/c1-5(8)7(3,4)10-6(2)9/h5,8H,1-4H3. The van der Waals surface area contributed by atoms with Gasteiger partial charge >= 0.3 is 5.97 Å². The first-order valence-corrected chi connectivity index (χ1v) is 3.24. The number of hydrogen-bond acceptors (Lipinski definition) is 3. The molecule has 1 N–H and O–H groups in total. The molecule has 0 amide bonds. The lowest BCUT2D eigenvalue weighted by atomic mass is 10.0. The van der Waals surface area contributed by atoms with Crippen LogP contribution in [0.25, 0.3) is 0 Å². The highest BCUT2D eigenvalue weighted by Gasteiger charge is 2.26. The van der Waals surface area contributed by atoms with Gasteiger partial charge in [0.1, 0.15) is 5.60 Å². The van der Waals surface area contributed by atoms with Crippen molar-refractivity contribution in [3.8, 4) is 0 Å². The molecule has 60 valence electrons. The normalized spacial score (nSPS) is 14.5. The first-order chi connectivity index (χ1) is 4.36. The summed E-state index contributed by atoms with van der Waals surface area (Å²) in [7, 11) is 0. The molecular formula is C7H14O3. The summed E-state index contributed by atoms with van der Waals surface area (Å²) in [5.74, 6) is -0.370. The summed E-state index contributed by atoms with van der Waals surface area (Å²) < 4.78 is 4.81. The Morgan fingerprint density at radius 1 is 1.60 bits per heavy atom. The fraction of sp³-hybridized carbons (Fsp3) is 0.857. The summed E-state index contributed by atoms with van der Waals surface area (Å²) in [6.07, 6.45) is -0.642. The molecule has 10 heavy (non-hydrogen) atoms. The van der Waals surface area contributed by atoms with Crippen molar-refractivity contribution in [2.75, 3.05) is 0 Å². The van der Waals surface area contributed by atoms with E-state index in [1.165, 1.54) is 6.92 Å². The van der Waals surface area contributed by atoms with Gasteiger partial charge in [0.05, 0.1) is 6.10 Å². The molecule has 0 aromatic heterocycles. The van der Waals surface area contributed by atoms with Gasteiger partial charge in [-0.2, -0.15) is 0 Å². The van der Waals surface area contributed by atoms with E-state index in [0.29, 0.717) is 0 Å². The number of aliphatic hydroxyl groups is 1. The molecule has 1 atom stereocenters. The van der Waals surface area contributed by atoms with E-state index in [1.54, 1.807) is 20.8 Å². The molecule has 0 spiro atoms. The maximum Gasteiger partial charge on any atom is 0.303 e. The van der Waals surface area contributed by atoms with E-state index in [0.717, 1.165) is 0 Å². The Morgan fingerprint density at radius 2 is 2.00 bits per heavy atom. The molecule has 0 rings (SSSR count). The molecule has 0 aromatic carbocycles. The van der Waals surface area contributed by atoms with Crippen LogP contribution < -0.4 is 0 Å². The van der Waals surface area contributed by atoms with Crippen LogP contribution in [-0.4, -0.2) is 22.8 Å². The minimum Gasteiger partial charge on any atom is -0.457 e. The molecule has 1 unspecified atom stereocenters. The minimum absolute atomic E-state index is 0.370. The summed E-state index contributed by atoms with van der Waals surface area (Å²) in [4.78, 5) is 10.4. The summed E-state index contributed by atoms with van der Waals surface area (Å²) in [5.41, 5.74) is -0.772. The Kier molecular flexibility index (Phi) is 2.84. The molecule has 0 aliphatic carbocycles. The highest BCUT2D eigenvalue weighted by Crippen LogP contribution is 2.13. The van der Waals surface area contributed by atoms with Gasteiger partial charge in [0, 0.05) is 6.92 Å². The van der Waals surface area contributed by atoms with Crippen molar-refractivity contribution in [2.45, 2.75) is 39.4 Å². The molecule has 0 saturated heterocycles. The van der Waals surface area contributed by atoms with Crippen LogP contribution in [-0.2, 0) is 9.53 Å². The van der Waals surface area contributed by atoms with E-state index in [1.807, 2.05) is 0 Å². The first-order valence-electron chi connectivity index (χ1n) is 3.24. The topological polar surface area (TPSA) is 46.5 Å². The number of aliphatic hydroxyl groups excluding tert-OH is 1. The number of carbonyl (C=O) groups excluding carboxylic acids is 1. The fourth-order valence-electron chi connectivity index (χ4n) is 0.456. The number of rotatable bonds is 2. The molecule has 0 aromatic rings. The summed E-state index contributed by atoms with van der Waals surface area (Å²) in [5, 5.41) is 9.05. The Morgan fingerprint density at radius 3 is 2.10 bits per heavy atom. The SMILES string of the molecule is CC(=O)OC(C)(C)C(C)O. The van der Waals surface area contributed by atoms with Gasteiger partial charge < -0.3 is 9.84 Å². The van der Waals surface area contributed by atoms with Crippen molar-refractivity contribution >= 4 is 5.97 Å². The minimum atomic E-state index is -0.772. The predicted octanol–water partition coefficient (Wildman–Crippen LogP) is 0.709. The van der Waals surface area contributed by atoms with Gasteiger partial charge in [-0.25, -0.2) is 0 Å². The molecule has 0 heterocycles. The lowest BCUT2D eigenvalue weighted by molar-refractivity contribution is -0.163. The Bertz CT molecular complexity index is 127. The third kappa shape index (κ3) is 2.82. The molecule has 3 nitrogen and oxygen atoms in total. The Balaban J connectivity index is 3.99. The van der Waals surface area contributed by atoms with Gasteiger partial charge in [0.2, 0.25) is 0 Å². The molecule has 0 fully saturated rings. The number of carbonyl (C=O) groups is 1. The molecular weight excluding hydrogens is 132 g/mol. The second kappa shape index (κ2) is 3.01. The van der Waals surface area contributed by atoms with Gasteiger partial charge in [-0.1, -0.05) is 0 Å². The van der Waals surface area contributed by atoms with Crippen LogP contribution in [0.3, 0.4) is 0 Å². The van der Waals surface area contributed by atoms with E-state index in [4.69, 9.17) is 9.84 Å². The van der Waals surface area contributed by atoms with Crippen LogP contribution in [0.4, 0.5) is 0 Å². The van der Waals surface area contributed by atoms with Gasteiger partial charge in [-0.05, 0) is 20.8 Å². The van der Waals surface area contributed by atoms with Crippen LogP contribution in [0.1, 0.15) is 27.7 Å². The molecule has 0 bridgehead atoms. The van der Waals surface area contributed by atoms with Crippen LogP contribution >= 0.6 is 0 Å². The zero-order chi connectivity index (χ0) is 8.36. The third-order valence-electron chi connectivity index (χ3n) is 1.41. The van der Waals surface area contributed by atoms with Crippen molar-refractivity contribution in [3.05, 3.63) is 0 Å². The highest BCUT2D eigenvalue weighted by atomic mass is 16.6. The van der Waals surface area contributed by atoms with Crippen LogP contribution in [0.5, 0.6) is 0 Å². The number of esters is 1. The van der Waals surface area contributed by atoms with Crippen LogP contribution in [0, 0.1) is 0 Å². The second-order valence-corrected chi connectivity index (χ2v) is 2.87. The third-order valence-corrected chi connectivity index (χ3v) is 1.41. The Hall–Kier alpha value is -0.570. The molecule has 0 saturated carbocycles. The molecule has 0 radical (unpaired) electrons.